The minimum atomic E-state index is 0. The Kier molecular flexibility index (Phi) is 8.57. The average molecular weight is 396 g/mol. The fourth-order valence-electron chi connectivity index (χ4n) is 3.52. The van der Waals surface area contributed by atoms with Gasteiger partial charge in [0.1, 0.15) is 5.82 Å². The molecule has 0 spiro atoms. The standard InChI is InChI=1S/C16H23ClN4O.2ClH/c17-13-4-2-7-19-16(13)21-8-6-12(10-21)20-15(22)9-11-3-1-5-14(11)18;;/h2,4,7,11-12,14H,1,3,5-6,8-10,18H2,(H,20,22);2*1H/t11-,12?,14+;;/m0../s1. The molecule has 2 fully saturated rings. The maximum Gasteiger partial charge on any atom is 0.220 e. The molecular weight excluding hydrogens is 371 g/mol. The highest BCUT2D eigenvalue weighted by Gasteiger charge is 2.29. The molecule has 0 radical (unpaired) electrons. The first-order valence-corrected chi connectivity index (χ1v) is 8.41. The van der Waals surface area contributed by atoms with Gasteiger partial charge in [-0.05, 0) is 37.3 Å². The van der Waals surface area contributed by atoms with Gasteiger partial charge in [0.25, 0.3) is 0 Å². The number of amides is 1. The summed E-state index contributed by atoms with van der Waals surface area (Å²) in [6, 6.07) is 4.03. The molecule has 3 atom stereocenters. The minimum Gasteiger partial charge on any atom is -0.353 e. The summed E-state index contributed by atoms with van der Waals surface area (Å²) in [6.45, 7) is 1.63. The van der Waals surface area contributed by atoms with Gasteiger partial charge in [-0.3, -0.25) is 4.79 Å². The second-order valence-corrected chi connectivity index (χ2v) is 6.77. The zero-order valence-corrected chi connectivity index (χ0v) is 15.9. The Morgan fingerprint density at radius 3 is 2.83 bits per heavy atom. The molecule has 5 nitrogen and oxygen atoms in total. The van der Waals surface area contributed by atoms with E-state index in [0.717, 1.165) is 44.6 Å². The topological polar surface area (TPSA) is 71.2 Å². The lowest BCUT2D eigenvalue weighted by atomic mass is 9.99. The van der Waals surface area contributed by atoms with Gasteiger partial charge in [-0.1, -0.05) is 18.0 Å². The number of carbonyl (C=O) groups is 1. The van der Waals surface area contributed by atoms with Crippen LogP contribution in [0.15, 0.2) is 18.3 Å². The van der Waals surface area contributed by atoms with Crippen molar-refractivity contribution in [1.29, 1.82) is 0 Å². The molecule has 2 heterocycles. The molecule has 3 rings (SSSR count). The third-order valence-electron chi connectivity index (χ3n) is 4.76. The third-order valence-corrected chi connectivity index (χ3v) is 5.05. The van der Waals surface area contributed by atoms with Gasteiger partial charge in [-0.15, -0.1) is 24.8 Å². The highest BCUT2D eigenvalue weighted by Crippen LogP contribution is 2.28. The Morgan fingerprint density at radius 2 is 2.17 bits per heavy atom. The van der Waals surface area contributed by atoms with Crippen molar-refractivity contribution < 1.29 is 4.79 Å². The summed E-state index contributed by atoms with van der Waals surface area (Å²) in [5, 5.41) is 3.80. The average Bonchev–Trinajstić information content (AvgIpc) is 3.10. The normalized spacial score (nSPS) is 25.8. The second-order valence-electron chi connectivity index (χ2n) is 6.37. The lowest BCUT2D eigenvalue weighted by Gasteiger charge is -2.20. The van der Waals surface area contributed by atoms with Crippen LogP contribution in [0.5, 0.6) is 0 Å². The zero-order chi connectivity index (χ0) is 15.5. The van der Waals surface area contributed by atoms with Gasteiger partial charge in [-0.2, -0.15) is 0 Å². The highest BCUT2D eigenvalue weighted by atomic mass is 35.5. The first kappa shape index (κ1) is 21.3. The molecule has 1 amide bonds. The Balaban J connectivity index is 0.00000144. The van der Waals surface area contributed by atoms with E-state index < -0.39 is 0 Å². The molecule has 1 aliphatic heterocycles. The Labute approximate surface area is 160 Å². The molecule has 1 aliphatic carbocycles. The van der Waals surface area contributed by atoms with Crippen molar-refractivity contribution in [3.8, 4) is 0 Å². The number of pyridine rings is 1. The van der Waals surface area contributed by atoms with Gasteiger partial charge < -0.3 is 16.0 Å². The number of nitrogens with one attached hydrogen (secondary N) is 1. The lowest BCUT2D eigenvalue weighted by Crippen LogP contribution is -2.39. The van der Waals surface area contributed by atoms with E-state index in [-0.39, 0.29) is 42.8 Å². The van der Waals surface area contributed by atoms with Gasteiger partial charge in [0.15, 0.2) is 0 Å². The van der Waals surface area contributed by atoms with Crippen LogP contribution in [0.3, 0.4) is 0 Å². The van der Waals surface area contributed by atoms with Crippen LogP contribution in [0.1, 0.15) is 32.1 Å². The summed E-state index contributed by atoms with van der Waals surface area (Å²) in [4.78, 5) is 18.6. The number of hydrogen-bond acceptors (Lipinski definition) is 4. The minimum absolute atomic E-state index is 0. The van der Waals surface area contributed by atoms with Gasteiger partial charge >= 0.3 is 0 Å². The first-order valence-electron chi connectivity index (χ1n) is 8.04. The summed E-state index contributed by atoms with van der Waals surface area (Å²) in [7, 11) is 0. The number of halogens is 3. The molecule has 1 aromatic rings. The molecule has 1 aromatic heterocycles. The molecule has 1 saturated carbocycles. The zero-order valence-electron chi connectivity index (χ0n) is 13.5. The number of nitrogens with two attached hydrogens (primary N) is 1. The van der Waals surface area contributed by atoms with Crippen LogP contribution in [-0.4, -0.2) is 36.1 Å². The predicted octanol–water partition coefficient (Wildman–Crippen LogP) is 2.79. The van der Waals surface area contributed by atoms with Gasteiger partial charge in [-0.25, -0.2) is 4.98 Å². The number of carbonyl (C=O) groups excluding carboxylic acids is 1. The van der Waals surface area contributed by atoms with E-state index in [1.165, 1.54) is 0 Å². The van der Waals surface area contributed by atoms with E-state index >= 15 is 0 Å². The van der Waals surface area contributed by atoms with Crippen LogP contribution in [0.4, 0.5) is 5.82 Å². The summed E-state index contributed by atoms with van der Waals surface area (Å²) in [6.07, 6.45) is 6.50. The first-order chi connectivity index (χ1) is 10.6. The van der Waals surface area contributed by atoms with Gasteiger partial charge in [0, 0.05) is 37.8 Å². The Hall–Kier alpha value is -0.750. The maximum absolute atomic E-state index is 12.2. The SMILES string of the molecule is Cl.Cl.N[C@@H]1CCC[C@H]1CC(=O)NC1CCN(c2ncccc2Cl)C1. The Morgan fingerprint density at radius 1 is 1.38 bits per heavy atom. The molecular formula is C16H25Cl3N4O. The Bertz CT molecular complexity index is 546. The van der Waals surface area contributed by atoms with Crippen LogP contribution in [-0.2, 0) is 4.79 Å². The number of aromatic nitrogens is 1. The second kappa shape index (κ2) is 9.66. The maximum atomic E-state index is 12.2. The molecule has 0 aromatic carbocycles. The summed E-state index contributed by atoms with van der Waals surface area (Å²) in [5.74, 6) is 1.28. The van der Waals surface area contributed by atoms with Crippen LogP contribution in [0.25, 0.3) is 0 Å². The molecule has 3 N–H and O–H groups in total. The van der Waals surface area contributed by atoms with Gasteiger partial charge in [0.2, 0.25) is 5.91 Å². The smallest absolute Gasteiger partial charge is 0.220 e. The number of hydrogen-bond donors (Lipinski definition) is 2. The molecule has 1 saturated heterocycles. The van der Waals surface area contributed by atoms with Gasteiger partial charge in [0.05, 0.1) is 5.02 Å². The lowest BCUT2D eigenvalue weighted by molar-refractivity contribution is -0.122. The van der Waals surface area contributed by atoms with E-state index in [4.69, 9.17) is 17.3 Å². The van der Waals surface area contributed by atoms with Crippen LogP contribution < -0.4 is 16.0 Å². The van der Waals surface area contributed by atoms with Crippen molar-refractivity contribution in [2.75, 3.05) is 18.0 Å². The van der Waals surface area contributed by atoms with Crippen molar-refractivity contribution in [1.82, 2.24) is 10.3 Å². The number of nitrogens with zero attached hydrogens (tertiary/aromatic N) is 2. The van der Waals surface area contributed by atoms with Crippen molar-refractivity contribution in [2.45, 2.75) is 44.2 Å². The molecule has 2 aliphatic rings. The van der Waals surface area contributed by atoms with Crippen LogP contribution in [0, 0.1) is 5.92 Å². The number of anilines is 1. The molecule has 8 heteroatoms. The summed E-state index contributed by atoms with van der Waals surface area (Å²) >= 11 is 6.18. The third kappa shape index (κ3) is 5.12. The summed E-state index contributed by atoms with van der Waals surface area (Å²) in [5.41, 5.74) is 6.04. The fourth-order valence-corrected chi connectivity index (χ4v) is 3.77. The van der Waals surface area contributed by atoms with E-state index in [1.807, 2.05) is 12.1 Å². The van der Waals surface area contributed by atoms with E-state index in [1.54, 1.807) is 6.20 Å². The molecule has 1 unspecified atom stereocenters. The number of rotatable bonds is 4. The monoisotopic (exact) mass is 394 g/mol. The van der Waals surface area contributed by atoms with Crippen molar-refractivity contribution in [2.24, 2.45) is 11.7 Å². The summed E-state index contributed by atoms with van der Waals surface area (Å²) < 4.78 is 0. The van der Waals surface area contributed by atoms with E-state index in [0.29, 0.717) is 17.4 Å². The van der Waals surface area contributed by atoms with Crippen LogP contribution in [0.2, 0.25) is 5.02 Å². The molecule has 136 valence electrons. The van der Waals surface area contributed by atoms with E-state index in [2.05, 4.69) is 15.2 Å². The quantitative estimate of drug-likeness (QED) is 0.822. The van der Waals surface area contributed by atoms with Crippen molar-refractivity contribution in [3.05, 3.63) is 23.4 Å². The van der Waals surface area contributed by atoms with Crippen molar-refractivity contribution >= 4 is 48.1 Å². The molecule has 24 heavy (non-hydrogen) atoms. The highest BCUT2D eigenvalue weighted by molar-refractivity contribution is 6.32. The fraction of sp³-hybridized carbons (Fsp3) is 0.625. The van der Waals surface area contributed by atoms with Crippen LogP contribution >= 0.6 is 36.4 Å². The molecule has 0 bridgehead atoms. The largest absolute Gasteiger partial charge is 0.353 e. The van der Waals surface area contributed by atoms with E-state index in [9.17, 15) is 4.79 Å². The predicted molar refractivity (Wildman–Crippen MR) is 102 cm³/mol. The van der Waals surface area contributed by atoms with Crippen molar-refractivity contribution in [3.63, 3.8) is 0 Å².